The van der Waals surface area contributed by atoms with Crippen LogP contribution in [0.2, 0.25) is 0 Å². The lowest BCUT2D eigenvalue weighted by Gasteiger charge is -2.39. The molecule has 4 aliphatic carbocycles. The Balaban J connectivity index is 1.81. The molecule has 5 heteroatoms. The zero-order valence-corrected chi connectivity index (χ0v) is 13.7. The molecule has 4 fully saturated rings. The van der Waals surface area contributed by atoms with Crippen LogP contribution in [0.3, 0.4) is 0 Å². The summed E-state index contributed by atoms with van der Waals surface area (Å²) in [5, 5.41) is 20.7. The standard InChI is InChI=1S/C19H22O5/c1-9-7-18-8-10(9)11(20)6-12(18)19-5-3-4-17(2,16(23)24-19)14(19)13(18)15(21)22/h6,10-11,13-14,20H,1,3-5,7-8H2,2H3,(H,21,22)/t10-,11-,13-,14-,17+,18+,19+/m1/s1. The maximum absolute atomic E-state index is 12.7. The van der Waals surface area contributed by atoms with E-state index in [-0.39, 0.29) is 17.8 Å². The minimum atomic E-state index is -0.843. The van der Waals surface area contributed by atoms with Gasteiger partial charge in [0.2, 0.25) is 0 Å². The van der Waals surface area contributed by atoms with Crippen LogP contribution >= 0.6 is 0 Å². The molecule has 3 saturated carbocycles. The molecule has 5 nitrogen and oxygen atoms in total. The lowest BCUT2D eigenvalue weighted by molar-refractivity contribution is -0.152. The highest BCUT2D eigenvalue weighted by molar-refractivity contribution is 5.86. The number of aliphatic hydroxyl groups excluding tert-OH is 1. The van der Waals surface area contributed by atoms with E-state index in [1.807, 2.05) is 13.0 Å². The van der Waals surface area contributed by atoms with E-state index < -0.39 is 34.4 Å². The normalized spacial score (nSPS) is 54.2. The average Bonchev–Trinajstić information content (AvgIpc) is 2.96. The maximum Gasteiger partial charge on any atom is 0.313 e. The molecule has 0 unspecified atom stereocenters. The molecule has 5 aliphatic rings. The fourth-order valence-electron chi connectivity index (χ4n) is 6.99. The molecule has 2 N–H and O–H groups in total. The number of aliphatic carboxylic acids is 1. The minimum Gasteiger partial charge on any atom is -0.481 e. The molecular formula is C19H22O5. The van der Waals surface area contributed by atoms with Gasteiger partial charge in [-0.3, -0.25) is 9.59 Å². The number of carbonyl (C=O) groups is 2. The summed E-state index contributed by atoms with van der Waals surface area (Å²) in [5.41, 5.74) is -0.291. The second kappa shape index (κ2) is 3.96. The number of carboxylic acid groups (broad SMARTS) is 1. The number of rotatable bonds is 1. The topological polar surface area (TPSA) is 83.8 Å². The van der Waals surface area contributed by atoms with Crippen LogP contribution in [0.15, 0.2) is 23.8 Å². The smallest absolute Gasteiger partial charge is 0.313 e. The molecule has 24 heavy (non-hydrogen) atoms. The lowest BCUT2D eigenvalue weighted by atomic mass is 9.60. The van der Waals surface area contributed by atoms with Crippen LogP contribution in [-0.2, 0) is 14.3 Å². The SMILES string of the molecule is C=C1C[C@]23C[C@H]1[C@H](O)C=C2[C@]12CCC[C@](C)(C(=O)O1)[C@H]2[C@@H]3C(=O)O. The summed E-state index contributed by atoms with van der Waals surface area (Å²) in [7, 11) is 0. The van der Waals surface area contributed by atoms with Crippen molar-refractivity contribution in [1.82, 2.24) is 0 Å². The third-order valence-corrected chi connectivity index (χ3v) is 7.76. The van der Waals surface area contributed by atoms with Crippen LogP contribution in [0.1, 0.15) is 39.0 Å². The van der Waals surface area contributed by atoms with E-state index in [4.69, 9.17) is 4.74 Å². The van der Waals surface area contributed by atoms with Crippen LogP contribution in [0.25, 0.3) is 0 Å². The molecule has 1 heterocycles. The third kappa shape index (κ3) is 1.28. The highest BCUT2D eigenvalue weighted by Crippen LogP contribution is 2.76. The molecule has 128 valence electrons. The number of fused-ring (bicyclic) bond motifs is 1. The third-order valence-electron chi connectivity index (χ3n) is 7.76. The fourth-order valence-corrected chi connectivity index (χ4v) is 6.99. The van der Waals surface area contributed by atoms with Gasteiger partial charge in [0, 0.05) is 17.3 Å². The first-order valence-electron chi connectivity index (χ1n) is 8.81. The van der Waals surface area contributed by atoms with Crippen molar-refractivity contribution < 1.29 is 24.5 Å². The zero-order chi connectivity index (χ0) is 17.1. The van der Waals surface area contributed by atoms with E-state index in [0.717, 1.165) is 17.6 Å². The summed E-state index contributed by atoms with van der Waals surface area (Å²) in [4.78, 5) is 25.0. The fraction of sp³-hybridized carbons (Fsp3) is 0.684. The Morgan fingerprint density at radius 3 is 2.88 bits per heavy atom. The Kier molecular flexibility index (Phi) is 2.42. The highest BCUT2D eigenvalue weighted by Gasteiger charge is 2.80. The van der Waals surface area contributed by atoms with Gasteiger partial charge in [-0.2, -0.15) is 0 Å². The van der Waals surface area contributed by atoms with Gasteiger partial charge in [-0.05, 0) is 44.6 Å². The van der Waals surface area contributed by atoms with Gasteiger partial charge in [0.15, 0.2) is 0 Å². The minimum absolute atomic E-state index is 0.0748. The molecule has 0 aromatic rings. The van der Waals surface area contributed by atoms with Gasteiger partial charge < -0.3 is 14.9 Å². The highest BCUT2D eigenvalue weighted by atomic mass is 16.6. The summed E-state index contributed by atoms with van der Waals surface area (Å²) in [6.45, 7) is 5.99. The molecule has 1 spiro atoms. The molecule has 0 aromatic carbocycles. The van der Waals surface area contributed by atoms with Gasteiger partial charge in [-0.1, -0.05) is 18.2 Å². The molecule has 0 amide bonds. The summed E-state index contributed by atoms with van der Waals surface area (Å²) in [5.74, 6) is -2.17. The summed E-state index contributed by atoms with van der Waals surface area (Å²) in [6, 6.07) is 0. The molecule has 1 saturated heterocycles. The number of carboxylic acids is 1. The second-order valence-corrected chi connectivity index (χ2v) is 8.72. The van der Waals surface area contributed by atoms with Crippen molar-refractivity contribution in [2.75, 3.05) is 0 Å². The van der Waals surface area contributed by atoms with Crippen molar-refractivity contribution in [3.8, 4) is 0 Å². The quantitative estimate of drug-likeness (QED) is 0.568. The van der Waals surface area contributed by atoms with Gasteiger partial charge in [0.05, 0.1) is 17.4 Å². The zero-order valence-electron chi connectivity index (χ0n) is 13.7. The second-order valence-electron chi connectivity index (χ2n) is 8.72. The van der Waals surface area contributed by atoms with Crippen molar-refractivity contribution in [1.29, 1.82) is 0 Å². The number of ether oxygens (including phenoxy) is 1. The number of hydrogen-bond acceptors (Lipinski definition) is 4. The molecule has 1 aliphatic heterocycles. The first-order chi connectivity index (χ1) is 11.3. The first-order valence-corrected chi connectivity index (χ1v) is 8.81. The van der Waals surface area contributed by atoms with E-state index in [1.54, 1.807) is 0 Å². The van der Waals surface area contributed by atoms with E-state index >= 15 is 0 Å². The molecule has 7 atom stereocenters. The predicted octanol–water partition coefficient (Wildman–Crippen LogP) is 2.06. The summed E-state index contributed by atoms with van der Waals surface area (Å²) < 4.78 is 5.97. The predicted molar refractivity (Wildman–Crippen MR) is 83.8 cm³/mol. The summed E-state index contributed by atoms with van der Waals surface area (Å²) in [6.07, 6.45) is 4.55. The van der Waals surface area contributed by atoms with Crippen molar-refractivity contribution >= 4 is 11.9 Å². The van der Waals surface area contributed by atoms with Gasteiger partial charge in [0.1, 0.15) is 5.60 Å². The lowest BCUT2D eigenvalue weighted by Crippen LogP contribution is -2.45. The van der Waals surface area contributed by atoms with Crippen LogP contribution in [0.5, 0.6) is 0 Å². The van der Waals surface area contributed by atoms with E-state index in [1.165, 1.54) is 0 Å². The molecular weight excluding hydrogens is 308 g/mol. The van der Waals surface area contributed by atoms with Gasteiger partial charge >= 0.3 is 11.9 Å². The van der Waals surface area contributed by atoms with Crippen LogP contribution in [-0.4, -0.2) is 33.9 Å². The number of carbonyl (C=O) groups excluding carboxylic acids is 1. The number of hydrogen-bond donors (Lipinski definition) is 2. The summed E-state index contributed by atoms with van der Waals surface area (Å²) >= 11 is 0. The first kappa shape index (κ1) is 14.7. The molecule has 4 bridgehead atoms. The van der Waals surface area contributed by atoms with Gasteiger partial charge in [-0.15, -0.1) is 0 Å². The van der Waals surface area contributed by atoms with E-state index in [2.05, 4.69) is 6.58 Å². The Morgan fingerprint density at radius 1 is 1.42 bits per heavy atom. The van der Waals surface area contributed by atoms with Crippen molar-refractivity contribution in [3.05, 3.63) is 23.8 Å². The largest absolute Gasteiger partial charge is 0.481 e. The Morgan fingerprint density at radius 2 is 2.17 bits per heavy atom. The van der Waals surface area contributed by atoms with Crippen molar-refractivity contribution in [2.24, 2.45) is 28.6 Å². The maximum atomic E-state index is 12.7. The Labute approximate surface area is 140 Å². The molecule has 0 radical (unpaired) electrons. The van der Waals surface area contributed by atoms with Crippen LogP contribution in [0.4, 0.5) is 0 Å². The van der Waals surface area contributed by atoms with E-state index in [9.17, 15) is 19.8 Å². The van der Waals surface area contributed by atoms with Crippen molar-refractivity contribution in [2.45, 2.75) is 50.7 Å². The van der Waals surface area contributed by atoms with Gasteiger partial charge in [0.25, 0.3) is 0 Å². The molecule has 5 rings (SSSR count). The molecule has 0 aromatic heterocycles. The van der Waals surface area contributed by atoms with Gasteiger partial charge in [-0.25, -0.2) is 0 Å². The van der Waals surface area contributed by atoms with Crippen molar-refractivity contribution in [3.63, 3.8) is 0 Å². The monoisotopic (exact) mass is 330 g/mol. The Hall–Kier alpha value is -1.62. The van der Waals surface area contributed by atoms with E-state index in [0.29, 0.717) is 25.7 Å². The number of aliphatic hydroxyl groups is 1. The Bertz CT molecular complexity index is 738. The van der Waals surface area contributed by atoms with Crippen LogP contribution < -0.4 is 0 Å². The van der Waals surface area contributed by atoms with Crippen LogP contribution in [0, 0.1) is 28.6 Å². The number of esters is 1. The average molecular weight is 330 g/mol.